The summed E-state index contributed by atoms with van der Waals surface area (Å²) in [5.41, 5.74) is 1.35. The van der Waals surface area contributed by atoms with E-state index in [0.29, 0.717) is 16.0 Å². The third kappa shape index (κ3) is 4.65. The fourth-order valence-electron chi connectivity index (χ4n) is 3.17. The summed E-state index contributed by atoms with van der Waals surface area (Å²) in [6, 6.07) is 6.10. The summed E-state index contributed by atoms with van der Waals surface area (Å²) >= 11 is 12.1. The van der Waals surface area contributed by atoms with E-state index < -0.39 is 0 Å². The van der Waals surface area contributed by atoms with E-state index in [2.05, 4.69) is 13.0 Å². The molecule has 0 atom stereocenters. The van der Waals surface area contributed by atoms with E-state index >= 15 is 0 Å². The van der Waals surface area contributed by atoms with Crippen LogP contribution in [0.15, 0.2) is 18.2 Å². The highest BCUT2D eigenvalue weighted by atomic mass is 35.5. The van der Waals surface area contributed by atoms with Gasteiger partial charge in [-0.25, -0.2) is 0 Å². The zero-order chi connectivity index (χ0) is 14.4. The van der Waals surface area contributed by atoms with Crippen LogP contribution in [0.4, 0.5) is 0 Å². The average Bonchev–Trinajstić information content (AvgIpc) is 2.47. The Labute approximate surface area is 132 Å². The van der Waals surface area contributed by atoms with E-state index in [0.717, 1.165) is 19.1 Å². The first kappa shape index (κ1) is 16.1. The predicted octanol–water partition coefficient (Wildman–Crippen LogP) is 6.08. The number of hydrogen-bond acceptors (Lipinski definition) is 1. The maximum atomic E-state index is 6.11. The molecule has 0 spiro atoms. The molecule has 0 N–H and O–H groups in total. The lowest BCUT2D eigenvalue weighted by atomic mass is 9.77. The first-order valence-electron chi connectivity index (χ1n) is 7.73. The Morgan fingerprint density at radius 1 is 1.10 bits per heavy atom. The normalized spacial score (nSPS) is 22.9. The third-order valence-corrected chi connectivity index (χ3v) is 5.11. The molecule has 1 aromatic carbocycles. The molecule has 1 fully saturated rings. The Balaban J connectivity index is 1.77. The van der Waals surface area contributed by atoms with E-state index in [1.165, 1.54) is 44.1 Å². The van der Waals surface area contributed by atoms with E-state index in [9.17, 15) is 0 Å². The molecule has 1 saturated carbocycles. The molecule has 112 valence electrons. The Bertz CT molecular complexity index is 411. The van der Waals surface area contributed by atoms with Gasteiger partial charge in [-0.05, 0) is 75.0 Å². The van der Waals surface area contributed by atoms with Crippen LogP contribution in [0.2, 0.25) is 10.0 Å². The molecule has 0 saturated heterocycles. The topological polar surface area (TPSA) is 9.23 Å². The van der Waals surface area contributed by atoms with Crippen LogP contribution in [0.5, 0.6) is 0 Å². The second kappa shape index (κ2) is 8.26. The van der Waals surface area contributed by atoms with E-state index in [1.54, 1.807) is 0 Å². The molecule has 0 aliphatic heterocycles. The van der Waals surface area contributed by atoms with Crippen LogP contribution in [0.1, 0.15) is 56.9 Å². The average molecular weight is 315 g/mol. The standard InChI is InChI=1S/C17H24Cl2O/c1-2-20-11-3-4-13-5-7-14(8-6-13)15-9-10-16(18)17(19)12-15/h9-10,12-14H,2-8,11H2,1H3/t13-,14-. The molecule has 1 nitrogen and oxygen atoms in total. The highest BCUT2D eigenvalue weighted by Crippen LogP contribution is 2.38. The van der Waals surface area contributed by atoms with Crippen molar-refractivity contribution >= 4 is 23.2 Å². The van der Waals surface area contributed by atoms with Crippen LogP contribution in [0.25, 0.3) is 0 Å². The minimum atomic E-state index is 0.653. The molecule has 0 amide bonds. The summed E-state index contributed by atoms with van der Waals surface area (Å²) < 4.78 is 5.41. The molecule has 0 aromatic heterocycles. The predicted molar refractivity (Wildman–Crippen MR) is 86.9 cm³/mol. The zero-order valence-corrected chi connectivity index (χ0v) is 13.7. The molecule has 3 heteroatoms. The summed E-state index contributed by atoms with van der Waals surface area (Å²) in [5, 5.41) is 1.34. The quantitative estimate of drug-likeness (QED) is 0.578. The Kier molecular flexibility index (Phi) is 6.67. The molecule has 0 radical (unpaired) electrons. The maximum Gasteiger partial charge on any atom is 0.0595 e. The van der Waals surface area contributed by atoms with Gasteiger partial charge in [-0.1, -0.05) is 29.3 Å². The lowest BCUT2D eigenvalue weighted by Crippen LogP contribution is -2.14. The number of hydrogen-bond donors (Lipinski definition) is 0. The van der Waals surface area contributed by atoms with Gasteiger partial charge in [0.15, 0.2) is 0 Å². The van der Waals surface area contributed by atoms with Gasteiger partial charge in [0.1, 0.15) is 0 Å². The van der Waals surface area contributed by atoms with Gasteiger partial charge in [-0.15, -0.1) is 0 Å². The maximum absolute atomic E-state index is 6.11. The lowest BCUT2D eigenvalue weighted by Gasteiger charge is -2.29. The fourth-order valence-corrected chi connectivity index (χ4v) is 3.48. The van der Waals surface area contributed by atoms with Gasteiger partial charge in [0.25, 0.3) is 0 Å². The monoisotopic (exact) mass is 314 g/mol. The van der Waals surface area contributed by atoms with Crippen molar-refractivity contribution < 1.29 is 4.74 Å². The second-order valence-corrected chi connectivity index (χ2v) is 6.54. The van der Waals surface area contributed by atoms with Gasteiger partial charge in [-0.2, -0.15) is 0 Å². The van der Waals surface area contributed by atoms with E-state index in [1.807, 2.05) is 12.1 Å². The molecular formula is C17H24Cl2O. The molecule has 1 aromatic rings. The Hall–Kier alpha value is -0.240. The van der Waals surface area contributed by atoms with Crippen molar-refractivity contribution in [3.8, 4) is 0 Å². The van der Waals surface area contributed by atoms with Gasteiger partial charge in [-0.3, -0.25) is 0 Å². The smallest absolute Gasteiger partial charge is 0.0595 e. The van der Waals surface area contributed by atoms with Crippen molar-refractivity contribution in [1.82, 2.24) is 0 Å². The van der Waals surface area contributed by atoms with Crippen LogP contribution < -0.4 is 0 Å². The van der Waals surface area contributed by atoms with Gasteiger partial charge < -0.3 is 4.74 Å². The van der Waals surface area contributed by atoms with Crippen LogP contribution in [0, 0.1) is 5.92 Å². The van der Waals surface area contributed by atoms with Crippen LogP contribution >= 0.6 is 23.2 Å². The van der Waals surface area contributed by atoms with Gasteiger partial charge in [0, 0.05) is 13.2 Å². The highest BCUT2D eigenvalue weighted by Gasteiger charge is 2.22. The summed E-state index contributed by atoms with van der Waals surface area (Å²) in [6.07, 6.45) is 7.73. The largest absolute Gasteiger partial charge is 0.382 e. The first-order valence-corrected chi connectivity index (χ1v) is 8.49. The molecule has 0 unspecified atom stereocenters. The molecule has 2 rings (SSSR count). The summed E-state index contributed by atoms with van der Waals surface area (Å²) in [4.78, 5) is 0. The second-order valence-electron chi connectivity index (χ2n) is 5.73. The van der Waals surface area contributed by atoms with Crippen molar-refractivity contribution in [1.29, 1.82) is 0 Å². The minimum absolute atomic E-state index is 0.653. The van der Waals surface area contributed by atoms with Gasteiger partial charge >= 0.3 is 0 Å². The van der Waals surface area contributed by atoms with Crippen molar-refractivity contribution in [2.75, 3.05) is 13.2 Å². The molecule has 0 bridgehead atoms. The highest BCUT2D eigenvalue weighted by molar-refractivity contribution is 6.42. The zero-order valence-electron chi connectivity index (χ0n) is 12.2. The van der Waals surface area contributed by atoms with Crippen molar-refractivity contribution in [3.63, 3.8) is 0 Å². The molecule has 0 heterocycles. The number of halogens is 2. The Morgan fingerprint density at radius 3 is 2.50 bits per heavy atom. The van der Waals surface area contributed by atoms with Crippen molar-refractivity contribution in [2.24, 2.45) is 5.92 Å². The molecule has 1 aliphatic rings. The van der Waals surface area contributed by atoms with E-state index in [-0.39, 0.29) is 0 Å². The van der Waals surface area contributed by atoms with E-state index in [4.69, 9.17) is 27.9 Å². The van der Waals surface area contributed by atoms with Crippen LogP contribution in [0.3, 0.4) is 0 Å². The number of benzene rings is 1. The number of rotatable bonds is 6. The fraction of sp³-hybridized carbons (Fsp3) is 0.647. The van der Waals surface area contributed by atoms with Crippen LogP contribution in [-0.4, -0.2) is 13.2 Å². The Morgan fingerprint density at radius 2 is 1.85 bits per heavy atom. The molecule has 1 aliphatic carbocycles. The minimum Gasteiger partial charge on any atom is -0.382 e. The third-order valence-electron chi connectivity index (χ3n) is 4.37. The van der Waals surface area contributed by atoms with Crippen LogP contribution in [-0.2, 0) is 4.74 Å². The molecular weight excluding hydrogens is 291 g/mol. The van der Waals surface area contributed by atoms with Gasteiger partial charge in [0.05, 0.1) is 10.0 Å². The summed E-state index contributed by atoms with van der Waals surface area (Å²) in [5.74, 6) is 1.54. The van der Waals surface area contributed by atoms with Gasteiger partial charge in [0.2, 0.25) is 0 Å². The summed E-state index contributed by atoms with van der Waals surface area (Å²) in [7, 11) is 0. The number of ether oxygens (including phenoxy) is 1. The SMILES string of the molecule is CCOCCC[C@H]1CC[C@H](c2ccc(Cl)c(Cl)c2)CC1. The van der Waals surface area contributed by atoms with Crippen molar-refractivity contribution in [2.45, 2.75) is 51.4 Å². The molecule has 20 heavy (non-hydrogen) atoms. The first-order chi connectivity index (χ1) is 9.70. The van der Waals surface area contributed by atoms with Crippen molar-refractivity contribution in [3.05, 3.63) is 33.8 Å². The lowest BCUT2D eigenvalue weighted by molar-refractivity contribution is 0.136. The summed E-state index contributed by atoms with van der Waals surface area (Å²) in [6.45, 7) is 3.82.